The zero-order valence-electron chi connectivity index (χ0n) is 11.2. The van der Waals surface area contributed by atoms with Crippen molar-refractivity contribution in [3.05, 3.63) is 52.7 Å². The number of hydrogen-bond donors (Lipinski definition) is 1. The third-order valence-electron chi connectivity index (χ3n) is 3.00. The highest BCUT2D eigenvalue weighted by atomic mass is 32.2. The fourth-order valence-electron chi connectivity index (χ4n) is 1.99. The zero-order valence-corrected chi connectivity index (χ0v) is 12.9. The highest BCUT2D eigenvalue weighted by Gasteiger charge is 2.14. The lowest BCUT2D eigenvalue weighted by molar-refractivity contribution is 0.0701. The number of thiazole rings is 1. The highest BCUT2D eigenvalue weighted by Crippen LogP contribution is 2.30. The summed E-state index contributed by atoms with van der Waals surface area (Å²) in [6.45, 7) is 1.73. The zero-order chi connectivity index (χ0) is 14.8. The lowest BCUT2D eigenvalue weighted by atomic mass is 10.1. The van der Waals surface area contributed by atoms with Crippen molar-refractivity contribution in [1.82, 2.24) is 9.97 Å². The molecule has 106 valence electrons. The number of fused-ring (bicyclic) bond motifs is 1. The van der Waals surface area contributed by atoms with Crippen molar-refractivity contribution in [2.45, 2.75) is 17.0 Å². The molecule has 21 heavy (non-hydrogen) atoms. The van der Waals surface area contributed by atoms with Gasteiger partial charge in [-0.25, -0.2) is 9.78 Å². The van der Waals surface area contributed by atoms with Crippen molar-refractivity contribution < 1.29 is 9.90 Å². The van der Waals surface area contributed by atoms with Crippen LogP contribution in [0.3, 0.4) is 0 Å². The molecule has 0 spiro atoms. The molecule has 0 fully saturated rings. The van der Waals surface area contributed by atoms with E-state index in [2.05, 4.69) is 16.0 Å². The molecule has 0 saturated carbocycles. The number of thioether (sulfide) groups is 1. The molecule has 3 rings (SSSR count). The van der Waals surface area contributed by atoms with Gasteiger partial charge in [0.05, 0.1) is 11.2 Å². The lowest BCUT2D eigenvalue weighted by Crippen LogP contribution is -1.94. The number of carboxylic acids is 1. The van der Waals surface area contributed by atoms with Gasteiger partial charge in [-0.05, 0) is 30.7 Å². The molecule has 1 aromatic carbocycles. The molecule has 0 unspecified atom stereocenters. The summed E-state index contributed by atoms with van der Waals surface area (Å²) in [6, 6.07) is 10.1. The van der Waals surface area contributed by atoms with Crippen LogP contribution in [0, 0.1) is 6.92 Å². The Morgan fingerprint density at radius 2 is 2.24 bits per heavy atom. The number of benzene rings is 1. The molecule has 0 atom stereocenters. The van der Waals surface area contributed by atoms with Gasteiger partial charge in [0, 0.05) is 17.3 Å². The second-order valence-electron chi connectivity index (χ2n) is 4.52. The Morgan fingerprint density at radius 1 is 1.38 bits per heavy atom. The summed E-state index contributed by atoms with van der Waals surface area (Å²) < 4.78 is 0.788. The molecule has 0 radical (unpaired) electrons. The van der Waals surface area contributed by atoms with E-state index in [1.165, 1.54) is 16.9 Å². The van der Waals surface area contributed by atoms with E-state index >= 15 is 0 Å². The molecule has 0 saturated heterocycles. The Kier molecular flexibility index (Phi) is 3.90. The fourth-order valence-corrected chi connectivity index (χ4v) is 3.96. The summed E-state index contributed by atoms with van der Waals surface area (Å²) >= 11 is 2.79. The molecule has 0 aliphatic heterocycles. The van der Waals surface area contributed by atoms with E-state index in [1.54, 1.807) is 24.9 Å². The van der Waals surface area contributed by atoms with Crippen LogP contribution >= 0.6 is 23.1 Å². The van der Waals surface area contributed by atoms with Crippen LogP contribution < -0.4 is 0 Å². The fraction of sp³-hybridized carbons (Fsp3) is 0.133. The first-order valence-electron chi connectivity index (χ1n) is 6.30. The topological polar surface area (TPSA) is 63.1 Å². The first kappa shape index (κ1) is 14.0. The van der Waals surface area contributed by atoms with E-state index in [0.717, 1.165) is 21.0 Å². The Labute approximate surface area is 129 Å². The molecule has 2 aromatic heterocycles. The highest BCUT2D eigenvalue weighted by molar-refractivity contribution is 8.00. The normalized spacial score (nSPS) is 10.9. The van der Waals surface area contributed by atoms with E-state index in [-0.39, 0.29) is 0 Å². The predicted molar refractivity (Wildman–Crippen MR) is 85.1 cm³/mol. The van der Waals surface area contributed by atoms with Gasteiger partial charge in [-0.1, -0.05) is 23.9 Å². The minimum Gasteiger partial charge on any atom is -0.477 e. The van der Waals surface area contributed by atoms with Crippen LogP contribution in [0.1, 0.15) is 20.9 Å². The second kappa shape index (κ2) is 5.83. The number of nitrogens with zero attached hydrogens (tertiary/aromatic N) is 2. The summed E-state index contributed by atoms with van der Waals surface area (Å²) in [7, 11) is 0. The molecule has 0 amide bonds. The molecule has 0 aliphatic rings. The van der Waals surface area contributed by atoms with Gasteiger partial charge in [0.15, 0.2) is 4.34 Å². The van der Waals surface area contributed by atoms with Crippen LogP contribution in [-0.2, 0) is 5.75 Å². The number of aryl methyl sites for hydroxylation is 1. The maximum atomic E-state index is 11.0. The number of carboxylic acid groups (broad SMARTS) is 1. The van der Waals surface area contributed by atoms with Crippen molar-refractivity contribution in [2.75, 3.05) is 0 Å². The van der Waals surface area contributed by atoms with Crippen LogP contribution in [0.15, 0.2) is 40.9 Å². The Balaban J connectivity index is 1.77. The maximum absolute atomic E-state index is 11.0. The van der Waals surface area contributed by atoms with E-state index in [1.807, 2.05) is 24.3 Å². The average molecular weight is 316 g/mol. The molecule has 0 bridgehead atoms. The molecule has 0 aliphatic carbocycles. The van der Waals surface area contributed by atoms with Gasteiger partial charge in [-0.15, -0.1) is 11.3 Å². The standard InChI is InChI=1S/C15H12N2O2S2/c1-9-13(14(18)19)21-15(17-9)20-8-10-4-5-12-11(7-10)3-2-6-16-12/h2-7H,8H2,1H3,(H,18,19). The molecular weight excluding hydrogens is 304 g/mol. The number of pyridine rings is 1. The van der Waals surface area contributed by atoms with E-state index in [9.17, 15) is 4.79 Å². The van der Waals surface area contributed by atoms with Crippen LogP contribution in [0.25, 0.3) is 10.9 Å². The molecule has 6 heteroatoms. The van der Waals surface area contributed by atoms with Crippen molar-refractivity contribution in [2.24, 2.45) is 0 Å². The van der Waals surface area contributed by atoms with Gasteiger partial charge in [0.25, 0.3) is 0 Å². The number of aromatic carboxylic acids is 1. The number of hydrogen-bond acceptors (Lipinski definition) is 5. The molecule has 1 N–H and O–H groups in total. The molecule has 2 heterocycles. The second-order valence-corrected chi connectivity index (χ2v) is 6.74. The lowest BCUT2D eigenvalue weighted by Gasteiger charge is -2.01. The molecular formula is C15H12N2O2S2. The Bertz CT molecular complexity index is 814. The summed E-state index contributed by atoms with van der Waals surface area (Å²) in [5.41, 5.74) is 2.73. The number of carbonyl (C=O) groups is 1. The summed E-state index contributed by atoms with van der Waals surface area (Å²) in [4.78, 5) is 19.9. The summed E-state index contributed by atoms with van der Waals surface area (Å²) in [5.74, 6) is -0.148. The monoisotopic (exact) mass is 316 g/mol. The number of rotatable bonds is 4. The predicted octanol–water partition coefficient (Wildman–Crippen LogP) is 3.99. The van der Waals surface area contributed by atoms with Crippen LogP contribution in [0.4, 0.5) is 0 Å². The summed E-state index contributed by atoms with van der Waals surface area (Å²) in [5, 5.41) is 10.1. The number of aromatic nitrogens is 2. The Morgan fingerprint density at radius 3 is 3.00 bits per heavy atom. The van der Waals surface area contributed by atoms with Gasteiger partial charge in [-0.3, -0.25) is 4.98 Å². The molecule has 4 nitrogen and oxygen atoms in total. The third kappa shape index (κ3) is 3.06. The van der Waals surface area contributed by atoms with E-state index in [4.69, 9.17) is 5.11 Å². The quantitative estimate of drug-likeness (QED) is 0.737. The van der Waals surface area contributed by atoms with Crippen molar-refractivity contribution in [3.63, 3.8) is 0 Å². The minimum atomic E-state index is -0.909. The van der Waals surface area contributed by atoms with Crippen molar-refractivity contribution in [1.29, 1.82) is 0 Å². The van der Waals surface area contributed by atoms with Gasteiger partial charge < -0.3 is 5.11 Å². The maximum Gasteiger partial charge on any atom is 0.347 e. The van der Waals surface area contributed by atoms with Gasteiger partial charge in [-0.2, -0.15) is 0 Å². The van der Waals surface area contributed by atoms with Crippen LogP contribution in [0.5, 0.6) is 0 Å². The van der Waals surface area contributed by atoms with Crippen molar-refractivity contribution in [3.8, 4) is 0 Å². The molecule has 3 aromatic rings. The van der Waals surface area contributed by atoms with Gasteiger partial charge in [0.1, 0.15) is 4.88 Å². The van der Waals surface area contributed by atoms with Crippen LogP contribution in [-0.4, -0.2) is 21.0 Å². The summed E-state index contributed by atoms with van der Waals surface area (Å²) in [6.07, 6.45) is 1.78. The average Bonchev–Trinajstić information content (AvgIpc) is 2.86. The Hall–Kier alpha value is -1.92. The first-order valence-corrected chi connectivity index (χ1v) is 8.11. The van der Waals surface area contributed by atoms with Gasteiger partial charge >= 0.3 is 5.97 Å². The van der Waals surface area contributed by atoms with Crippen LogP contribution in [0.2, 0.25) is 0 Å². The largest absolute Gasteiger partial charge is 0.477 e. The first-order chi connectivity index (χ1) is 10.1. The third-order valence-corrected chi connectivity index (χ3v) is 5.36. The van der Waals surface area contributed by atoms with E-state index in [0.29, 0.717) is 10.6 Å². The SMILES string of the molecule is Cc1nc(SCc2ccc3ncccc3c2)sc1C(=O)O. The smallest absolute Gasteiger partial charge is 0.347 e. The van der Waals surface area contributed by atoms with Gasteiger partial charge in [0.2, 0.25) is 0 Å². The minimum absolute atomic E-state index is 0.320. The van der Waals surface area contributed by atoms with Crippen molar-refractivity contribution >= 4 is 40.0 Å². The van der Waals surface area contributed by atoms with E-state index < -0.39 is 5.97 Å².